The minimum absolute atomic E-state index is 0.0317. The second-order valence-electron chi connectivity index (χ2n) is 6.03. The Morgan fingerprint density at radius 1 is 0.769 bits per heavy atom. The molecule has 0 fully saturated rings. The number of nitrogens with one attached hydrogen (secondary N) is 2. The van der Waals surface area contributed by atoms with Crippen molar-refractivity contribution in [1.29, 1.82) is 0 Å². The molecule has 26 heavy (non-hydrogen) atoms. The second kappa shape index (κ2) is 11.6. The van der Waals surface area contributed by atoms with Crippen LogP contribution in [0.3, 0.4) is 0 Å². The van der Waals surface area contributed by atoms with Gasteiger partial charge in [-0.3, -0.25) is 9.59 Å². The van der Waals surface area contributed by atoms with Crippen molar-refractivity contribution < 1.29 is 9.59 Å². The molecular formula is C21H25N3O2. The van der Waals surface area contributed by atoms with Crippen molar-refractivity contribution in [3.63, 3.8) is 0 Å². The quantitative estimate of drug-likeness (QED) is 0.384. The van der Waals surface area contributed by atoms with Crippen molar-refractivity contribution in [2.24, 2.45) is 5.10 Å². The average molecular weight is 351 g/mol. The zero-order chi connectivity index (χ0) is 18.5. The fourth-order valence-corrected chi connectivity index (χ4v) is 2.44. The summed E-state index contributed by atoms with van der Waals surface area (Å²) in [5.74, 6) is -0.0526. The summed E-state index contributed by atoms with van der Waals surface area (Å²) in [6.07, 6.45) is 6.06. The molecule has 2 amide bonds. The number of hydrazone groups is 1. The molecule has 2 aromatic carbocycles. The maximum Gasteiger partial charge on any atom is 0.240 e. The Hall–Kier alpha value is -2.95. The average Bonchev–Trinajstić information content (AvgIpc) is 2.66. The third-order valence-corrected chi connectivity index (χ3v) is 3.82. The Morgan fingerprint density at radius 3 is 2.00 bits per heavy atom. The summed E-state index contributed by atoms with van der Waals surface area (Å²) in [5, 5.41) is 6.81. The predicted molar refractivity (Wildman–Crippen MR) is 105 cm³/mol. The highest BCUT2D eigenvalue weighted by Gasteiger charge is 2.03. The van der Waals surface area contributed by atoms with Crippen molar-refractivity contribution in [2.75, 3.05) is 5.32 Å². The first-order valence-corrected chi connectivity index (χ1v) is 8.96. The summed E-state index contributed by atoms with van der Waals surface area (Å²) in [6.45, 7) is 0. The van der Waals surface area contributed by atoms with Gasteiger partial charge in [-0.2, -0.15) is 5.10 Å². The third kappa shape index (κ3) is 8.24. The minimum Gasteiger partial charge on any atom is -0.326 e. The van der Waals surface area contributed by atoms with Crippen molar-refractivity contribution in [3.8, 4) is 0 Å². The molecular weight excluding hydrogens is 326 g/mol. The van der Waals surface area contributed by atoms with Gasteiger partial charge in [0.1, 0.15) is 0 Å². The van der Waals surface area contributed by atoms with Crippen LogP contribution in [-0.4, -0.2) is 18.0 Å². The molecule has 0 aliphatic carbocycles. The van der Waals surface area contributed by atoms with Gasteiger partial charge in [0.25, 0.3) is 0 Å². The van der Waals surface area contributed by atoms with E-state index in [0.29, 0.717) is 12.8 Å². The highest BCUT2D eigenvalue weighted by Crippen LogP contribution is 2.09. The molecule has 0 radical (unpaired) electrons. The maximum absolute atomic E-state index is 11.8. The van der Waals surface area contributed by atoms with Gasteiger partial charge in [0, 0.05) is 18.5 Å². The molecule has 136 valence electrons. The van der Waals surface area contributed by atoms with Gasteiger partial charge in [0.2, 0.25) is 11.8 Å². The highest BCUT2D eigenvalue weighted by molar-refractivity contribution is 5.90. The van der Waals surface area contributed by atoms with Gasteiger partial charge in [-0.05, 0) is 30.5 Å². The first-order chi connectivity index (χ1) is 12.7. The lowest BCUT2D eigenvalue weighted by Crippen LogP contribution is -2.16. The normalized spacial score (nSPS) is 10.6. The van der Waals surface area contributed by atoms with E-state index in [4.69, 9.17) is 0 Å². The molecule has 0 saturated carbocycles. The first-order valence-electron chi connectivity index (χ1n) is 8.96. The molecule has 2 rings (SSSR count). The monoisotopic (exact) mass is 351 g/mol. The summed E-state index contributed by atoms with van der Waals surface area (Å²) in [5.41, 5.74) is 4.30. The number of carbonyl (C=O) groups excluding carboxylic acids is 2. The van der Waals surface area contributed by atoms with E-state index in [1.165, 1.54) is 0 Å². The molecule has 0 atom stereocenters. The fraction of sp³-hybridized carbons (Fsp3) is 0.286. The lowest BCUT2D eigenvalue weighted by molar-refractivity contribution is -0.121. The lowest BCUT2D eigenvalue weighted by atomic mass is 10.1. The van der Waals surface area contributed by atoms with Gasteiger partial charge in [-0.1, -0.05) is 61.4 Å². The van der Waals surface area contributed by atoms with Crippen LogP contribution in [0.4, 0.5) is 5.69 Å². The van der Waals surface area contributed by atoms with E-state index in [-0.39, 0.29) is 11.8 Å². The van der Waals surface area contributed by atoms with Crippen LogP contribution >= 0.6 is 0 Å². The number of rotatable bonds is 10. The molecule has 0 heterocycles. The molecule has 2 aromatic rings. The van der Waals surface area contributed by atoms with Crippen LogP contribution in [0.25, 0.3) is 0 Å². The van der Waals surface area contributed by atoms with E-state index >= 15 is 0 Å². The Balaban J connectivity index is 1.49. The topological polar surface area (TPSA) is 70.6 Å². The molecule has 0 spiro atoms. The third-order valence-electron chi connectivity index (χ3n) is 3.82. The van der Waals surface area contributed by atoms with Gasteiger partial charge in [0.05, 0.1) is 6.21 Å². The van der Waals surface area contributed by atoms with Crippen molar-refractivity contribution >= 4 is 23.7 Å². The standard InChI is InChI=1S/C21H25N3O2/c25-20(23-19-13-7-4-8-14-19)15-9-1-2-10-16-21(26)24-22-17-18-11-5-3-6-12-18/h3-8,11-14,17H,1-2,9-10,15-16H2,(H,23,25)(H,24,26)/b22-17+. The van der Waals surface area contributed by atoms with Gasteiger partial charge >= 0.3 is 0 Å². The number of hydrogen-bond donors (Lipinski definition) is 2. The maximum atomic E-state index is 11.8. The van der Waals surface area contributed by atoms with Gasteiger partial charge in [0.15, 0.2) is 0 Å². The summed E-state index contributed by atoms with van der Waals surface area (Å²) in [6, 6.07) is 19.1. The Morgan fingerprint density at radius 2 is 1.35 bits per heavy atom. The number of benzene rings is 2. The van der Waals surface area contributed by atoms with Gasteiger partial charge in [-0.25, -0.2) is 5.43 Å². The number of unbranched alkanes of at least 4 members (excludes halogenated alkanes) is 3. The number of carbonyl (C=O) groups is 2. The molecule has 5 heteroatoms. The van der Waals surface area contributed by atoms with Gasteiger partial charge in [-0.15, -0.1) is 0 Å². The number of amides is 2. The van der Waals surface area contributed by atoms with Crippen LogP contribution < -0.4 is 10.7 Å². The highest BCUT2D eigenvalue weighted by atomic mass is 16.2. The Kier molecular flexibility index (Phi) is 8.63. The van der Waals surface area contributed by atoms with Crippen LogP contribution in [0.1, 0.15) is 44.1 Å². The number of hydrogen-bond acceptors (Lipinski definition) is 3. The summed E-state index contributed by atoms with van der Waals surface area (Å²) in [4.78, 5) is 23.5. The van der Waals surface area contributed by atoms with Crippen molar-refractivity contribution in [1.82, 2.24) is 5.43 Å². The van der Waals surface area contributed by atoms with Crippen molar-refractivity contribution in [3.05, 3.63) is 66.2 Å². The number of anilines is 1. The van der Waals surface area contributed by atoms with E-state index in [1.54, 1.807) is 6.21 Å². The molecule has 2 N–H and O–H groups in total. The van der Waals surface area contributed by atoms with Crippen LogP contribution in [-0.2, 0) is 9.59 Å². The van der Waals surface area contributed by atoms with Crippen LogP contribution in [0, 0.1) is 0 Å². The first kappa shape index (κ1) is 19.4. The van der Waals surface area contributed by atoms with Crippen LogP contribution in [0.2, 0.25) is 0 Å². The lowest BCUT2D eigenvalue weighted by Gasteiger charge is -2.05. The predicted octanol–water partition coefficient (Wildman–Crippen LogP) is 4.12. The summed E-state index contributed by atoms with van der Waals surface area (Å²) < 4.78 is 0. The van der Waals surface area contributed by atoms with E-state index < -0.39 is 0 Å². The fourth-order valence-electron chi connectivity index (χ4n) is 2.44. The zero-order valence-corrected chi connectivity index (χ0v) is 14.9. The smallest absolute Gasteiger partial charge is 0.240 e. The Bertz CT molecular complexity index is 700. The summed E-state index contributed by atoms with van der Waals surface area (Å²) in [7, 11) is 0. The molecule has 0 unspecified atom stereocenters. The molecule has 0 aromatic heterocycles. The van der Waals surface area contributed by atoms with Crippen molar-refractivity contribution in [2.45, 2.75) is 38.5 Å². The van der Waals surface area contributed by atoms with E-state index in [2.05, 4.69) is 15.8 Å². The summed E-state index contributed by atoms with van der Waals surface area (Å²) >= 11 is 0. The minimum atomic E-state index is -0.0843. The molecule has 0 aliphatic rings. The molecule has 0 aliphatic heterocycles. The van der Waals surface area contributed by atoms with Gasteiger partial charge < -0.3 is 5.32 Å². The Labute approximate surface area is 154 Å². The van der Waals surface area contributed by atoms with E-state index in [0.717, 1.165) is 36.9 Å². The van der Waals surface area contributed by atoms with Crippen LogP contribution in [0.5, 0.6) is 0 Å². The SMILES string of the molecule is O=C(CCCCCCC(=O)Nc1ccccc1)N/N=C/c1ccccc1. The molecule has 0 bridgehead atoms. The van der Waals surface area contributed by atoms with E-state index in [9.17, 15) is 9.59 Å². The number of para-hydroxylation sites is 1. The second-order valence-corrected chi connectivity index (χ2v) is 6.03. The zero-order valence-electron chi connectivity index (χ0n) is 14.9. The molecule has 0 saturated heterocycles. The van der Waals surface area contributed by atoms with E-state index in [1.807, 2.05) is 60.7 Å². The molecule has 5 nitrogen and oxygen atoms in total. The van der Waals surface area contributed by atoms with Crippen LogP contribution in [0.15, 0.2) is 65.8 Å². The number of nitrogens with zero attached hydrogens (tertiary/aromatic N) is 1. The largest absolute Gasteiger partial charge is 0.326 e.